The van der Waals surface area contributed by atoms with E-state index in [2.05, 4.69) is 20.9 Å². The van der Waals surface area contributed by atoms with E-state index in [9.17, 15) is 4.79 Å². The van der Waals surface area contributed by atoms with Gasteiger partial charge in [0, 0.05) is 44.6 Å². The monoisotopic (exact) mass is 474 g/mol. The molecule has 1 amide bonds. The fourth-order valence-electron chi connectivity index (χ4n) is 4.23. The van der Waals surface area contributed by atoms with Gasteiger partial charge in [-0.15, -0.1) is 0 Å². The molecule has 178 valence electrons. The number of nitriles is 1. The van der Waals surface area contributed by atoms with Crippen LogP contribution in [0.4, 0.5) is 26.4 Å². The molecule has 3 aromatic rings. The van der Waals surface area contributed by atoms with E-state index in [1.165, 1.54) is 11.0 Å². The molecular formula is C25H23FN6O3. The number of halogens is 1. The largest absolute Gasteiger partial charge is 0.475 e. The number of amides is 1. The number of piperazine rings is 1. The van der Waals surface area contributed by atoms with Crippen LogP contribution >= 0.6 is 0 Å². The summed E-state index contributed by atoms with van der Waals surface area (Å²) in [7, 11) is 0. The van der Waals surface area contributed by atoms with Crippen LogP contribution in [-0.4, -0.2) is 61.5 Å². The molecule has 2 fully saturated rings. The molecule has 2 aromatic heterocycles. The maximum absolute atomic E-state index is 15.2. The van der Waals surface area contributed by atoms with E-state index in [0.29, 0.717) is 49.0 Å². The van der Waals surface area contributed by atoms with Crippen molar-refractivity contribution in [3.05, 3.63) is 72.3 Å². The standard InChI is InChI=1S/C25H23FN6O3/c26-21-13-19(32-20(17-35-25(32)33)16-34-24-3-1-2-8-28-24)5-6-22(21)30-9-11-31(12-10-30)23-7-4-18(14-27)15-29-23/h1-8,13,15,20H,9-12,16-17H2/t20-/m1/s1. The topological polar surface area (TPSA) is 94.8 Å². The molecule has 4 heterocycles. The molecule has 9 nitrogen and oxygen atoms in total. The lowest BCUT2D eigenvalue weighted by Gasteiger charge is -2.37. The van der Waals surface area contributed by atoms with Crippen molar-refractivity contribution >= 4 is 23.3 Å². The second-order valence-electron chi connectivity index (χ2n) is 8.21. The maximum atomic E-state index is 15.2. The Bertz CT molecular complexity index is 1230. The van der Waals surface area contributed by atoms with Gasteiger partial charge in [0.1, 0.15) is 37.0 Å². The van der Waals surface area contributed by atoms with E-state index in [1.807, 2.05) is 17.0 Å². The first kappa shape index (κ1) is 22.4. The minimum atomic E-state index is -0.532. The van der Waals surface area contributed by atoms with Crippen molar-refractivity contribution in [1.29, 1.82) is 5.26 Å². The number of aromatic nitrogens is 2. The number of pyridine rings is 2. The predicted octanol–water partition coefficient (Wildman–Crippen LogP) is 3.22. The molecule has 0 aliphatic carbocycles. The molecule has 1 atom stereocenters. The summed E-state index contributed by atoms with van der Waals surface area (Å²) < 4.78 is 26.1. The van der Waals surface area contributed by atoms with Crippen molar-refractivity contribution in [3.63, 3.8) is 0 Å². The number of hydrogen-bond donors (Lipinski definition) is 0. The third kappa shape index (κ3) is 4.80. The maximum Gasteiger partial charge on any atom is 0.414 e. The second-order valence-corrected chi connectivity index (χ2v) is 8.21. The average Bonchev–Trinajstić information content (AvgIpc) is 3.28. The van der Waals surface area contributed by atoms with E-state index >= 15 is 4.39 Å². The quantitative estimate of drug-likeness (QED) is 0.538. The number of cyclic esters (lactones) is 1. The van der Waals surface area contributed by atoms with Gasteiger partial charge in [0.25, 0.3) is 0 Å². The predicted molar refractivity (Wildman–Crippen MR) is 127 cm³/mol. The molecule has 0 bridgehead atoms. The van der Waals surface area contributed by atoms with E-state index in [4.69, 9.17) is 14.7 Å². The molecule has 5 rings (SSSR count). The summed E-state index contributed by atoms with van der Waals surface area (Å²) in [5.41, 5.74) is 1.42. The molecule has 2 aliphatic heterocycles. The molecular weight excluding hydrogens is 451 g/mol. The van der Waals surface area contributed by atoms with Crippen LogP contribution in [0.3, 0.4) is 0 Å². The summed E-state index contributed by atoms with van der Waals surface area (Å²) >= 11 is 0. The average molecular weight is 474 g/mol. The number of carbonyl (C=O) groups excluding carboxylic acids is 1. The Kier molecular flexibility index (Phi) is 6.30. The Morgan fingerprint density at radius 2 is 1.91 bits per heavy atom. The summed E-state index contributed by atoms with van der Waals surface area (Å²) in [6, 6.07) is 15.4. The lowest BCUT2D eigenvalue weighted by Crippen LogP contribution is -2.47. The summed E-state index contributed by atoms with van der Waals surface area (Å²) in [5.74, 6) is 0.839. The zero-order chi connectivity index (χ0) is 24.2. The van der Waals surface area contributed by atoms with Crippen LogP contribution in [0.5, 0.6) is 5.88 Å². The number of hydrogen-bond acceptors (Lipinski definition) is 8. The van der Waals surface area contributed by atoms with Crippen LogP contribution < -0.4 is 19.4 Å². The van der Waals surface area contributed by atoms with Gasteiger partial charge in [-0.1, -0.05) is 6.07 Å². The van der Waals surface area contributed by atoms with Gasteiger partial charge in [0.15, 0.2) is 0 Å². The minimum Gasteiger partial charge on any atom is -0.475 e. The van der Waals surface area contributed by atoms with Crippen molar-refractivity contribution in [2.45, 2.75) is 6.04 Å². The first-order valence-corrected chi connectivity index (χ1v) is 11.3. The minimum absolute atomic E-state index is 0.153. The highest BCUT2D eigenvalue weighted by molar-refractivity contribution is 5.90. The molecule has 2 aliphatic rings. The van der Waals surface area contributed by atoms with Gasteiger partial charge in [0.2, 0.25) is 5.88 Å². The highest BCUT2D eigenvalue weighted by atomic mass is 19.1. The van der Waals surface area contributed by atoms with Gasteiger partial charge >= 0.3 is 6.09 Å². The normalized spacial score (nSPS) is 17.8. The number of anilines is 3. The Balaban J connectivity index is 1.24. The molecule has 1 aromatic carbocycles. The zero-order valence-electron chi connectivity index (χ0n) is 18.9. The van der Waals surface area contributed by atoms with Gasteiger partial charge in [-0.05, 0) is 36.4 Å². The van der Waals surface area contributed by atoms with Crippen LogP contribution in [0.15, 0.2) is 60.9 Å². The van der Waals surface area contributed by atoms with Crippen molar-refractivity contribution in [1.82, 2.24) is 9.97 Å². The lowest BCUT2D eigenvalue weighted by molar-refractivity contribution is 0.175. The zero-order valence-corrected chi connectivity index (χ0v) is 18.9. The van der Waals surface area contributed by atoms with Crippen molar-refractivity contribution in [3.8, 4) is 11.9 Å². The molecule has 0 saturated carbocycles. The number of carbonyl (C=O) groups is 1. The molecule has 0 radical (unpaired) electrons. The van der Waals surface area contributed by atoms with Crippen LogP contribution in [0, 0.1) is 17.1 Å². The van der Waals surface area contributed by atoms with Gasteiger partial charge < -0.3 is 19.3 Å². The van der Waals surface area contributed by atoms with Crippen molar-refractivity contribution in [2.24, 2.45) is 0 Å². The number of rotatable bonds is 6. The highest BCUT2D eigenvalue weighted by Crippen LogP contribution is 2.30. The fraction of sp³-hybridized carbons (Fsp3) is 0.280. The van der Waals surface area contributed by atoms with Crippen LogP contribution in [0.2, 0.25) is 0 Å². The Hall–Kier alpha value is -4.39. The molecule has 35 heavy (non-hydrogen) atoms. The van der Waals surface area contributed by atoms with Gasteiger partial charge in [-0.3, -0.25) is 4.90 Å². The molecule has 0 N–H and O–H groups in total. The third-order valence-electron chi connectivity index (χ3n) is 6.05. The number of nitrogens with zero attached hydrogens (tertiary/aromatic N) is 6. The highest BCUT2D eigenvalue weighted by Gasteiger charge is 2.35. The summed E-state index contributed by atoms with van der Waals surface area (Å²) in [6.45, 7) is 2.91. The molecule has 10 heteroatoms. The molecule has 0 spiro atoms. The van der Waals surface area contributed by atoms with E-state index < -0.39 is 18.0 Å². The lowest BCUT2D eigenvalue weighted by atomic mass is 10.2. The number of ether oxygens (including phenoxy) is 2. The number of benzene rings is 1. The Labute approximate surface area is 201 Å². The summed E-state index contributed by atoms with van der Waals surface area (Å²) in [4.78, 5) is 26.3. The first-order chi connectivity index (χ1) is 17.1. The van der Waals surface area contributed by atoms with E-state index in [-0.39, 0.29) is 13.2 Å². The van der Waals surface area contributed by atoms with Gasteiger partial charge in [-0.2, -0.15) is 5.26 Å². The second kappa shape index (κ2) is 9.85. The van der Waals surface area contributed by atoms with E-state index in [0.717, 1.165) is 5.82 Å². The Morgan fingerprint density at radius 3 is 2.60 bits per heavy atom. The van der Waals surface area contributed by atoms with Crippen molar-refractivity contribution < 1.29 is 18.7 Å². The SMILES string of the molecule is N#Cc1ccc(N2CCN(c3ccc(N4C(=O)OC[C@H]4COc4ccccn4)cc3F)CC2)nc1. The van der Waals surface area contributed by atoms with Gasteiger partial charge in [0.05, 0.1) is 16.9 Å². The van der Waals surface area contributed by atoms with E-state index in [1.54, 1.807) is 42.7 Å². The fourth-order valence-corrected chi connectivity index (χ4v) is 4.23. The molecule has 2 saturated heterocycles. The van der Waals surface area contributed by atoms with Crippen LogP contribution in [-0.2, 0) is 4.74 Å². The Morgan fingerprint density at radius 1 is 1.09 bits per heavy atom. The smallest absolute Gasteiger partial charge is 0.414 e. The van der Waals surface area contributed by atoms with Gasteiger partial charge in [-0.25, -0.2) is 19.2 Å². The summed E-state index contributed by atoms with van der Waals surface area (Å²) in [6.07, 6.45) is 2.64. The summed E-state index contributed by atoms with van der Waals surface area (Å²) in [5, 5.41) is 8.93. The molecule has 0 unspecified atom stereocenters. The van der Waals surface area contributed by atoms with Crippen LogP contribution in [0.1, 0.15) is 5.56 Å². The van der Waals surface area contributed by atoms with Crippen LogP contribution in [0.25, 0.3) is 0 Å². The van der Waals surface area contributed by atoms with Crippen molar-refractivity contribution in [2.75, 3.05) is 54.1 Å². The third-order valence-corrected chi connectivity index (χ3v) is 6.05. The first-order valence-electron chi connectivity index (χ1n) is 11.3.